The van der Waals surface area contributed by atoms with Crippen LogP contribution in [0.4, 0.5) is 0 Å². The molecule has 7 heteroatoms. The molecule has 0 bridgehead atoms. The van der Waals surface area contributed by atoms with Crippen LogP contribution in [0.2, 0.25) is 0 Å². The molecule has 0 saturated carbocycles. The van der Waals surface area contributed by atoms with Crippen LogP contribution in [0.5, 0.6) is 11.5 Å². The molecule has 0 aliphatic heterocycles. The van der Waals surface area contributed by atoms with E-state index in [-0.39, 0.29) is 19.6 Å². The van der Waals surface area contributed by atoms with Crippen molar-refractivity contribution in [3.63, 3.8) is 0 Å². The Hall–Kier alpha value is -2.28. The van der Waals surface area contributed by atoms with Crippen LogP contribution < -0.4 is 14.8 Å². The summed E-state index contributed by atoms with van der Waals surface area (Å²) in [5, 5.41) is 11.4. The van der Waals surface area contributed by atoms with Crippen molar-refractivity contribution in [2.24, 2.45) is 0 Å². The smallest absolute Gasteiger partial charge is 0.326 e. The Kier molecular flexibility index (Phi) is 7.03. The maximum atomic E-state index is 11.7. The summed E-state index contributed by atoms with van der Waals surface area (Å²) in [6.07, 6.45) is 0.187. The molecule has 0 heterocycles. The van der Waals surface area contributed by atoms with E-state index in [1.54, 1.807) is 24.3 Å². The Morgan fingerprint density at radius 2 is 1.90 bits per heavy atom. The molecule has 1 amide bonds. The quantitative estimate of drug-likeness (QED) is 0.696. The number of carboxylic acids is 1. The molecule has 2 N–H and O–H groups in total. The molecular weight excluding hydrogens is 278 g/mol. The third kappa shape index (κ3) is 5.70. The van der Waals surface area contributed by atoms with Crippen molar-refractivity contribution in [1.82, 2.24) is 5.32 Å². The Morgan fingerprint density at radius 1 is 1.24 bits per heavy atom. The van der Waals surface area contributed by atoms with Gasteiger partial charge in [0, 0.05) is 20.1 Å². The molecule has 116 valence electrons. The molecule has 0 aromatic heterocycles. The maximum Gasteiger partial charge on any atom is 0.326 e. The first-order chi connectivity index (χ1) is 10.1. The molecule has 0 aliphatic carbocycles. The van der Waals surface area contributed by atoms with Gasteiger partial charge in [0.15, 0.2) is 18.1 Å². The van der Waals surface area contributed by atoms with Gasteiger partial charge in [-0.15, -0.1) is 0 Å². The fourth-order valence-corrected chi connectivity index (χ4v) is 1.61. The standard InChI is InChI=1S/C14H19NO6/c1-19-8-7-10(14(17)18)15-13(16)9-21-12-6-4-3-5-11(12)20-2/h3-6,10H,7-9H2,1-2H3,(H,15,16)(H,17,18). The van der Waals surface area contributed by atoms with Crippen molar-refractivity contribution in [2.75, 3.05) is 27.4 Å². The number of hydrogen-bond acceptors (Lipinski definition) is 5. The summed E-state index contributed by atoms with van der Waals surface area (Å²) in [6, 6.07) is 5.88. The van der Waals surface area contributed by atoms with Crippen molar-refractivity contribution in [2.45, 2.75) is 12.5 Å². The van der Waals surface area contributed by atoms with E-state index in [9.17, 15) is 9.59 Å². The van der Waals surface area contributed by atoms with E-state index in [1.807, 2.05) is 0 Å². The number of rotatable bonds is 9. The van der Waals surface area contributed by atoms with Crippen molar-refractivity contribution in [3.05, 3.63) is 24.3 Å². The topological polar surface area (TPSA) is 94.1 Å². The molecule has 21 heavy (non-hydrogen) atoms. The highest BCUT2D eigenvalue weighted by Crippen LogP contribution is 2.25. The zero-order valence-corrected chi connectivity index (χ0v) is 12.0. The molecule has 1 atom stereocenters. The molecule has 7 nitrogen and oxygen atoms in total. The van der Waals surface area contributed by atoms with Crippen LogP contribution >= 0.6 is 0 Å². The highest BCUT2D eigenvalue weighted by Gasteiger charge is 2.19. The van der Waals surface area contributed by atoms with Crippen LogP contribution in [0.1, 0.15) is 6.42 Å². The van der Waals surface area contributed by atoms with Gasteiger partial charge in [0.2, 0.25) is 0 Å². The summed E-state index contributed by atoms with van der Waals surface area (Å²) in [7, 11) is 2.96. The largest absolute Gasteiger partial charge is 0.493 e. The van der Waals surface area contributed by atoms with E-state index in [0.29, 0.717) is 11.5 Å². The molecule has 0 fully saturated rings. The molecule has 0 saturated heterocycles. The fourth-order valence-electron chi connectivity index (χ4n) is 1.61. The van der Waals surface area contributed by atoms with Gasteiger partial charge in [0.25, 0.3) is 5.91 Å². The van der Waals surface area contributed by atoms with Gasteiger partial charge < -0.3 is 24.6 Å². The molecule has 0 radical (unpaired) electrons. The van der Waals surface area contributed by atoms with Gasteiger partial charge in [-0.05, 0) is 12.1 Å². The summed E-state index contributed by atoms with van der Waals surface area (Å²) in [5.74, 6) is -0.722. The lowest BCUT2D eigenvalue weighted by molar-refractivity contribution is -0.142. The van der Waals surface area contributed by atoms with Crippen LogP contribution in [0.15, 0.2) is 24.3 Å². The number of benzene rings is 1. The van der Waals surface area contributed by atoms with Crippen LogP contribution in [-0.4, -0.2) is 50.5 Å². The monoisotopic (exact) mass is 297 g/mol. The second kappa shape index (κ2) is 8.80. The average Bonchev–Trinajstić information content (AvgIpc) is 2.49. The first-order valence-corrected chi connectivity index (χ1v) is 6.35. The highest BCUT2D eigenvalue weighted by atomic mass is 16.5. The van der Waals surface area contributed by atoms with E-state index in [2.05, 4.69) is 5.32 Å². The van der Waals surface area contributed by atoms with E-state index in [4.69, 9.17) is 19.3 Å². The van der Waals surface area contributed by atoms with Gasteiger partial charge in [-0.2, -0.15) is 0 Å². The van der Waals surface area contributed by atoms with Gasteiger partial charge in [-0.3, -0.25) is 4.79 Å². The Labute approximate surface area is 122 Å². The third-order valence-electron chi connectivity index (χ3n) is 2.67. The van der Waals surface area contributed by atoms with Crippen LogP contribution in [0.25, 0.3) is 0 Å². The van der Waals surface area contributed by atoms with Crippen molar-refractivity contribution in [3.8, 4) is 11.5 Å². The van der Waals surface area contributed by atoms with E-state index in [1.165, 1.54) is 14.2 Å². The van der Waals surface area contributed by atoms with Gasteiger partial charge in [-0.1, -0.05) is 12.1 Å². The van der Waals surface area contributed by atoms with Gasteiger partial charge in [0.1, 0.15) is 6.04 Å². The van der Waals surface area contributed by atoms with Crippen LogP contribution in [0.3, 0.4) is 0 Å². The fraction of sp³-hybridized carbons (Fsp3) is 0.429. The first-order valence-electron chi connectivity index (χ1n) is 6.35. The minimum atomic E-state index is -1.11. The minimum absolute atomic E-state index is 0.187. The predicted octanol–water partition coefficient (Wildman–Crippen LogP) is 0.680. The van der Waals surface area contributed by atoms with E-state index < -0.39 is 17.9 Å². The lowest BCUT2D eigenvalue weighted by atomic mass is 10.2. The van der Waals surface area contributed by atoms with Crippen LogP contribution in [-0.2, 0) is 14.3 Å². The normalized spacial score (nSPS) is 11.5. The number of methoxy groups -OCH3 is 2. The van der Waals surface area contributed by atoms with Crippen molar-refractivity contribution in [1.29, 1.82) is 0 Å². The zero-order valence-electron chi connectivity index (χ0n) is 12.0. The lowest BCUT2D eigenvalue weighted by Gasteiger charge is -2.15. The summed E-state index contributed by atoms with van der Waals surface area (Å²) >= 11 is 0. The number of hydrogen-bond donors (Lipinski definition) is 2. The van der Waals surface area contributed by atoms with E-state index >= 15 is 0 Å². The Bertz CT molecular complexity index is 476. The number of carbonyl (C=O) groups is 2. The van der Waals surface area contributed by atoms with Crippen LogP contribution in [0, 0.1) is 0 Å². The van der Waals surface area contributed by atoms with Crippen molar-refractivity contribution >= 4 is 11.9 Å². The number of carboxylic acid groups (broad SMARTS) is 1. The number of carbonyl (C=O) groups excluding carboxylic acids is 1. The maximum absolute atomic E-state index is 11.7. The minimum Gasteiger partial charge on any atom is -0.493 e. The van der Waals surface area contributed by atoms with E-state index in [0.717, 1.165) is 0 Å². The van der Waals surface area contributed by atoms with Gasteiger partial charge >= 0.3 is 5.97 Å². The number of para-hydroxylation sites is 2. The van der Waals surface area contributed by atoms with Gasteiger partial charge in [-0.25, -0.2) is 4.79 Å². The predicted molar refractivity (Wildman–Crippen MR) is 74.5 cm³/mol. The molecular formula is C14H19NO6. The number of amides is 1. The molecule has 0 spiro atoms. The Balaban J connectivity index is 2.50. The number of nitrogens with one attached hydrogen (secondary N) is 1. The second-order valence-corrected chi connectivity index (χ2v) is 4.18. The highest BCUT2D eigenvalue weighted by molar-refractivity contribution is 5.84. The molecule has 0 aliphatic rings. The van der Waals surface area contributed by atoms with Gasteiger partial charge in [0.05, 0.1) is 7.11 Å². The summed E-state index contributed by atoms with van der Waals surface area (Å²) in [4.78, 5) is 22.7. The summed E-state index contributed by atoms with van der Waals surface area (Å²) in [6.45, 7) is -0.0538. The second-order valence-electron chi connectivity index (χ2n) is 4.18. The molecule has 1 aromatic rings. The zero-order chi connectivity index (χ0) is 15.7. The number of aliphatic carboxylic acids is 1. The summed E-state index contributed by atoms with van der Waals surface area (Å²) < 4.78 is 15.2. The summed E-state index contributed by atoms with van der Waals surface area (Å²) in [5.41, 5.74) is 0. The first kappa shape index (κ1) is 16.8. The Morgan fingerprint density at radius 3 is 2.48 bits per heavy atom. The average molecular weight is 297 g/mol. The third-order valence-corrected chi connectivity index (χ3v) is 2.67. The number of ether oxygens (including phenoxy) is 3. The van der Waals surface area contributed by atoms with Crippen molar-refractivity contribution < 1.29 is 28.9 Å². The SMILES string of the molecule is COCCC(NC(=O)COc1ccccc1OC)C(=O)O. The lowest BCUT2D eigenvalue weighted by Crippen LogP contribution is -2.43. The molecule has 1 rings (SSSR count). The molecule has 1 aromatic carbocycles. The molecule has 1 unspecified atom stereocenters.